The van der Waals surface area contributed by atoms with Gasteiger partial charge in [-0.25, -0.2) is 4.79 Å². The monoisotopic (exact) mass is 607 g/mol. The van der Waals surface area contributed by atoms with Crippen molar-refractivity contribution in [2.24, 2.45) is 5.92 Å². The molecule has 2 saturated heterocycles. The van der Waals surface area contributed by atoms with E-state index < -0.39 is 6.23 Å². The molecule has 35 heavy (non-hydrogen) atoms. The Bertz CT molecular complexity index is 768. The maximum atomic E-state index is 12.9. The Balaban J connectivity index is 1.30. The van der Waals surface area contributed by atoms with E-state index in [1.54, 1.807) is 7.11 Å². The van der Waals surface area contributed by atoms with E-state index in [9.17, 15) is 9.90 Å². The number of carbonyl (C=O) groups excluding carboxylic acids is 1. The number of nitrogens with one attached hydrogen (secondary N) is 3. The van der Waals surface area contributed by atoms with Crippen LogP contribution >= 0.6 is 22.9 Å². The first kappa shape index (κ1) is 27.5. The molecule has 1 spiro atoms. The van der Waals surface area contributed by atoms with E-state index in [2.05, 4.69) is 41.0 Å². The van der Waals surface area contributed by atoms with Gasteiger partial charge in [-0.05, 0) is 65.7 Å². The van der Waals surface area contributed by atoms with E-state index in [0.717, 1.165) is 44.9 Å². The van der Waals surface area contributed by atoms with Gasteiger partial charge in [0.15, 0.2) is 0 Å². The summed E-state index contributed by atoms with van der Waals surface area (Å²) >= 11 is 2.02. The highest BCUT2D eigenvalue weighted by atomic mass is 127. The van der Waals surface area contributed by atoms with Crippen molar-refractivity contribution in [2.75, 3.05) is 20.3 Å². The molecule has 0 bridgehead atoms. The number of ether oxygens (including phenoxy) is 4. The van der Waals surface area contributed by atoms with Crippen LogP contribution in [0.4, 0.5) is 4.79 Å². The van der Waals surface area contributed by atoms with Gasteiger partial charge >= 0.3 is 6.09 Å². The molecule has 200 valence electrons. The smallest absolute Gasteiger partial charge is 0.407 e. The largest absolute Gasteiger partial charge is 0.443 e. The third kappa shape index (κ3) is 6.50. The second kappa shape index (κ2) is 11.5. The molecule has 4 fully saturated rings. The Hall–Kier alpha value is -0.500. The van der Waals surface area contributed by atoms with Crippen molar-refractivity contribution in [2.45, 2.75) is 114 Å². The number of alkyl carbamates (subject to hydrolysis) is 1. The summed E-state index contributed by atoms with van der Waals surface area (Å²) in [6.45, 7) is 7.56. The van der Waals surface area contributed by atoms with E-state index in [0.29, 0.717) is 13.2 Å². The summed E-state index contributed by atoms with van der Waals surface area (Å²) in [6, 6.07) is 0.339. The zero-order valence-electron chi connectivity index (χ0n) is 21.3. The van der Waals surface area contributed by atoms with Gasteiger partial charge in [0.25, 0.3) is 0 Å². The second-order valence-corrected chi connectivity index (χ2v) is 11.8. The molecule has 10 heteroatoms. The standard InChI is InChI=1S/C25H42IN3O6/c1-15(2)5-10-19-24(3,35-19)22-21(32-4)18(11-12-25(22)14-33-25)34-23(31)29-17-8-6-16(7-9-17)28-20(30)13-27-26/h5,16-22,27-28,30H,6-14H2,1-4H3,(H,29,31)/t16-,17-,18?,19-,20?,21?,22?,24+,25+/m1/s1. The van der Waals surface area contributed by atoms with Crippen LogP contribution in [0.2, 0.25) is 0 Å². The molecule has 0 aromatic carbocycles. The van der Waals surface area contributed by atoms with Gasteiger partial charge in [0, 0.05) is 48.6 Å². The lowest BCUT2D eigenvalue weighted by Crippen LogP contribution is -2.56. The molecule has 4 aliphatic rings. The summed E-state index contributed by atoms with van der Waals surface area (Å²) < 4.78 is 27.1. The minimum atomic E-state index is -0.561. The topological polar surface area (TPSA) is 117 Å². The molecular weight excluding hydrogens is 565 g/mol. The summed E-state index contributed by atoms with van der Waals surface area (Å²) in [5.41, 5.74) is 0.710. The van der Waals surface area contributed by atoms with Crippen molar-refractivity contribution in [1.82, 2.24) is 14.2 Å². The number of hydrogen-bond donors (Lipinski definition) is 4. The summed E-state index contributed by atoms with van der Waals surface area (Å²) in [5.74, 6) is 0.0205. The average Bonchev–Trinajstić information content (AvgIpc) is 3.72. The Labute approximate surface area is 222 Å². The van der Waals surface area contributed by atoms with Gasteiger partial charge in [0.05, 0.1) is 18.6 Å². The lowest BCUT2D eigenvalue weighted by atomic mass is 9.68. The zero-order chi connectivity index (χ0) is 25.2. The van der Waals surface area contributed by atoms with Crippen LogP contribution in [0.3, 0.4) is 0 Å². The van der Waals surface area contributed by atoms with Crippen molar-refractivity contribution in [3.63, 3.8) is 0 Å². The van der Waals surface area contributed by atoms with Crippen LogP contribution in [0.5, 0.6) is 0 Å². The summed E-state index contributed by atoms with van der Waals surface area (Å²) in [4.78, 5) is 12.9. The van der Waals surface area contributed by atoms with Crippen molar-refractivity contribution in [3.8, 4) is 0 Å². The first-order valence-corrected chi connectivity index (χ1v) is 14.0. The average molecular weight is 608 g/mol. The van der Waals surface area contributed by atoms with Crippen LogP contribution in [-0.2, 0) is 18.9 Å². The SMILES string of the molecule is COC1C(OC(=O)N[C@H]2CC[C@H](NC(O)CNI)CC2)CC[C@]2(CO2)C1[C@@]1(C)O[C@@H]1CC=C(C)C. The van der Waals surface area contributed by atoms with Gasteiger partial charge < -0.3 is 29.4 Å². The Morgan fingerprint density at radius 1 is 1.23 bits per heavy atom. The van der Waals surface area contributed by atoms with Crippen LogP contribution in [0.25, 0.3) is 0 Å². The fraction of sp³-hybridized carbons (Fsp3) is 0.880. The summed E-state index contributed by atoms with van der Waals surface area (Å²) in [7, 11) is 1.69. The van der Waals surface area contributed by atoms with Crippen molar-refractivity contribution >= 4 is 29.0 Å². The number of rotatable bonds is 10. The number of carbonyl (C=O) groups is 1. The normalized spacial score (nSPS) is 41.2. The van der Waals surface area contributed by atoms with E-state index in [4.69, 9.17) is 18.9 Å². The minimum absolute atomic E-state index is 0.0205. The molecule has 2 saturated carbocycles. The third-order valence-corrected chi connectivity index (χ3v) is 8.68. The lowest BCUT2D eigenvalue weighted by Gasteiger charge is -2.42. The van der Waals surface area contributed by atoms with E-state index in [-0.39, 0.29) is 53.6 Å². The van der Waals surface area contributed by atoms with Crippen LogP contribution in [0.1, 0.15) is 65.7 Å². The molecule has 9 nitrogen and oxygen atoms in total. The van der Waals surface area contributed by atoms with Gasteiger partial charge in [-0.15, -0.1) is 0 Å². The van der Waals surface area contributed by atoms with E-state index in [1.807, 2.05) is 22.9 Å². The molecular formula is C25H42IN3O6. The number of aliphatic hydroxyl groups excluding tert-OH is 1. The van der Waals surface area contributed by atoms with Crippen molar-refractivity contribution in [1.29, 1.82) is 0 Å². The predicted molar refractivity (Wildman–Crippen MR) is 140 cm³/mol. The summed E-state index contributed by atoms with van der Waals surface area (Å²) in [5, 5.41) is 16.2. The van der Waals surface area contributed by atoms with Crippen molar-refractivity contribution < 1.29 is 28.8 Å². The van der Waals surface area contributed by atoms with Crippen LogP contribution in [0, 0.1) is 5.92 Å². The molecule has 2 aliphatic carbocycles. The number of aliphatic hydroxyl groups is 1. The lowest BCUT2D eigenvalue weighted by molar-refractivity contribution is -0.118. The van der Waals surface area contributed by atoms with Crippen LogP contribution in [0.15, 0.2) is 11.6 Å². The van der Waals surface area contributed by atoms with Crippen molar-refractivity contribution in [3.05, 3.63) is 11.6 Å². The maximum absolute atomic E-state index is 12.9. The van der Waals surface area contributed by atoms with Crippen LogP contribution in [-0.4, -0.2) is 79.3 Å². The zero-order valence-corrected chi connectivity index (χ0v) is 23.5. The number of amides is 1. The number of allylic oxidation sites excluding steroid dienone is 1. The highest BCUT2D eigenvalue weighted by Gasteiger charge is 2.72. The number of epoxide rings is 2. The fourth-order valence-corrected chi connectivity index (χ4v) is 6.63. The summed E-state index contributed by atoms with van der Waals surface area (Å²) in [6.07, 6.45) is 6.74. The van der Waals surface area contributed by atoms with Gasteiger partial charge in [-0.3, -0.25) is 8.85 Å². The molecule has 4 N–H and O–H groups in total. The molecule has 1 amide bonds. The van der Waals surface area contributed by atoms with Crippen LogP contribution < -0.4 is 14.2 Å². The van der Waals surface area contributed by atoms with Gasteiger partial charge in [0.1, 0.15) is 29.6 Å². The number of halogens is 1. The Kier molecular flexibility index (Phi) is 9.04. The first-order chi connectivity index (χ1) is 16.7. The number of hydrogen-bond acceptors (Lipinski definition) is 8. The molecule has 7 atom stereocenters. The number of methoxy groups -OCH3 is 1. The Morgan fingerprint density at radius 3 is 2.51 bits per heavy atom. The minimum Gasteiger partial charge on any atom is -0.443 e. The highest BCUT2D eigenvalue weighted by molar-refractivity contribution is 14.1. The van der Waals surface area contributed by atoms with E-state index >= 15 is 0 Å². The second-order valence-electron chi connectivity index (χ2n) is 11.0. The third-order valence-electron chi connectivity index (χ3n) is 8.24. The molecule has 0 aromatic heterocycles. The van der Waals surface area contributed by atoms with Gasteiger partial charge in [-0.2, -0.15) is 0 Å². The molecule has 0 radical (unpaired) electrons. The first-order valence-electron chi connectivity index (χ1n) is 12.9. The fourth-order valence-electron chi connectivity index (χ4n) is 6.22. The van der Waals surface area contributed by atoms with E-state index in [1.165, 1.54) is 5.57 Å². The molecule has 0 aromatic rings. The predicted octanol–water partition coefficient (Wildman–Crippen LogP) is 2.95. The molecule has 4 unspecified atom stereocenters. The van der Waals surface area contributed by atoms with Gasteiger partial charge in [0.2, 0.25) is 0 Å². The Morgan fingerprint density at radius 2 is 1.91 bits per heavy atom. The quantitative estimate of drug-likeness (QED) is 0.0986. The van der Waals surface area contributed by atoms with Gasteiger partial charge in [-0.1, -0.05) is 11.6 Å². The molecule has 2 aliphatic heterocycles. The maximum Gasteiger partial charge on any atom is 0.407 e. The molecule has 4 rings (SSSR count). The highest BCUT2D eigenvalue weighted by Crippen LogP contribution is 2.59. The molecule has 2 heterocycles.